The summed E-state index contributed by atoms with van der Waals surface area (Å²) < 4.78 is 0. The summed E-state index contributed by atoms with van der Waals surface area (Å²) >= 11 is 0. The zero-order valence-corrected chi connectivity index (χ0v) is 10.5. The van der Waals surface area contributed by atoms with E-state index in [0.29, 0.717) is 12.0 Å². The van der Waals surface area contributed by atoms with Crippen LogP contribution in [0, 0.1) is 6.92 Å². The van der Waals surface area contributed by atoms with Crippen molar-refractivity contribution < 1.29 is 0 Å². The van der Waals surface area contributed by atoms with Crippen LogP contribution in [0.3, 0.4) is 0 Å². The quantitative estimate of drug-likeness (QED) is 0.605. The number of guanidine groups is 1. The van der Waals surface area contributed by atoms with E-state index in [0.717, 1.165) is 0 Å². The molecule has 88 valence electrons. The molecule has 1 aromatic rings. The van der Waals surface area contributed by atoms with Crippen LogP contribution < -0.4 is 11.1 Å². The number of aliphatic imine (C=N–C) groups is 1. The molecular weight excluding hydrogens is 198 g/mol. The van der Waals surface area contributed by atoms with Crippen LogP contribution in [0.5, 0.6) is 0 Å². The molecule has 3 nitrogen and oxygen atoms in total. The number of hydrogen-bond donors (Lipinski definition) is 2. The fourth-order valence-corrected chi connectivity index (χ4v) is 1.67. The smallest absolute Gasteiger partial charge is 0.189 e. The Balaban J connectivity index is 2.79. The molecule has 3 N–H and O–H groups in total. The van der Waals surface area contributed by atoms with E-state index in [1.165, 1.54) is 11.1 Å². The van der Waals surface area contributed by atoms with Crippen LogP contribution in [0.4, 0.5) is 0 Å². The average Bonchev–Trinajstić information content (AvgIpc) is 2.16. The van der Waals surface area contributed by atoms with Gasteiger partial charge in [-0.2, -0.15) is 0 Å². The standard InChI is InChI=1S/C13H21N3/c1-9(2)15-13(14)16-11(4)12-8-6-5-7-10(12)3/h5-9,11H,1-4H3,(H3,14,15,16). The number of hydrogen-bond acceptors (Lipinski definition) is 1. The van der Waals surface area contributed by atoms with Crippen LogP contribution in [0.25, 0.3) is 0 Å². The molecule has 3 heteroatoms. The Morgan fingerprint density at radius 3 is 2.44 bits per heavy atom. The van der Waals surface area contributed by atoms with E-state index in [2.05, 4.69) is 36.3 Å². The molecule has 0 aromatic heterocycles. The minimum atomic E-state index is 0.0902. The van der Waals surface area contributed by atoms with E-state index in [4.69, 9.17) is 5.73 Å². The molecule has 1 aromatic carbocycles. The van der Waals surface area contributed by atoms with Gasteiger partial charge in [-0.3, -0.25) is 0 Å². The molecular formula is C13H21N3. The van der Waals surface area contributed by atoms with E-state index >= 15 is 0 Å². The zero-order valence-electron chi connectivity index (χ0n) is 10.5. The van der Waals surface area contributed by atoms with Gasteiger partial charge in [-0.15, -0.1) is 0 Å². The Labute approximate surface area is 97.8 Å². The van der Waals surface area contributed by atoms with Gasteiger partial charge in [0.2, 0.25) is 0 Å². The van der Waals surface area contributed by atoms with Crippen molar-refractivity contribution in [1.29, 1.82) is 0 Å². The lowest BCUT2D eigenvalue weighted by Gasteiger charge is -2.13. The van der Waals surface area contributed by atoms with Gasteiger partial charge in [0, 0.05) is 6.04 Å². The largest absolute Gasteiger partial charge is 0.370 e. The molecule has 16 heavy (non-hydrogen) atoms. The summed E-state index contributed by atoms with van der Waals surface area (Å²) in [4.78, 5) is 4.43. The van der Waals surface area contributed by atoms with Gasteiger partial charge in [-0.25, -0.2) is 4.99 Å². The second-order valence-electron chi connectivity index (χ2n) is 4.35. The van der Waals surface area contributed by atoms with Gasteiger partial charge in [0.1, 0.15) is 0 Å². The monoisotopic (exact) mass is 219 g/mol. The molecule has 1 rings (SSSR count). The first-order chi connectivity index (χ1) is 7.50. The lowest BCUT2D eigenvalue weighted by Crippen LogP contribution is -2.37. The lowest BCUT2D eigenvalue weighted by molar-refractivity contribution is 0.710. The minimum Gasteiger partial charge on any atom is -0.370 e. The first-order valence-corrected chi connectivity index (χ1v) is 5.66. The van der Waals surface area contributed by atoms with Crippen molar-refractivity contribution in [3.63, 3.8) is 0 Å². The highest BCUT2D eigenvalue weighted by atomic mass is 15.1. The fraction of sp³-hybridized carbons (Fsp3) is 0.462. The van der Waals surface area contributed by atoms with Crippen molar-refractivity contribution in [1.82, 2.24) is 5.32 Å². The summed E-state index contributed by atoms with van der Waals surface area (Å²) in [6, 6.07) is 8.64. The molecule has 1 unspecified atom stereocenters. The van der Waals surface area contributed by atoms with E-state index in [9.17, 15) is 0 Å². The Hall–Kier alpha value is -1.51. The highest BCUT2D eigenvalue weighted by Crippen LogP contribution is 2.19. The molecule has 0 spiro atoms. The first kappa shape index (κ1) is 12.6. The van der Waals surface area contributed by atoms with Crippen molar-refractivity contribution in [3.05, 3.63) is 35.4 Å². The molecule has 0 aliphatic rings. The third-order valence-electron chi connectivity index (χ3n) is 2.41. The molecule has 0 fully saturated rings. The van der Waals surface area contributed by atoms with Gasteiger partial charge in [0.15, 0.2) is 5.96 Å². The predicted molar refractivity (Wildman–Crippen MR) is 69.5 cm³/mol. The molecule has 0 radical (unpaired) electrons. The van der Waals surface area contributed by atoms with Gasteiger partial charge in [0.05, 0.1) is 6.04 Å². The van der Waals surface area contributed by atoms with E-state index in [1.54, 1.807) is 0 Å². The van der Waals surface area contributed by atoms with Crippen LogP contribution >= 0.6 is 0 Å². The number of benzene rings is 1. The summed E-state index contributed by atoms with van der Waals surface area (Å²) in [5, 5.41) is 3.09. The van der Waals surface area contributed by atoms with Crippen LogP contribution in [0.15, 0.2) is 29.3 Å². The third kappa shape index (κ3) is 3.57. The molecule has 0 aliphatic carbocycles. The Morgan fingerprint density at radius 1 is 1.25 bits per heavy atom. The zero-order chi connectivity index (χ0) is 12.1. The lowest BCUT2D eigenvalue weighted by atomic mass is 10.0. The number of aryl methyl sites for hydroxylation is 1. The summed E-state index contributed by atoms with van der Waals surface area (Å²) in [6.45, 7) is 8.23. The second kappa shape index (κ2) is 5.54. The van der Waals surface area contributed by atoms with Gasteiger partial charge in [-0.05, 0) is 38.8 Å². The highest BCUT2D eigenvalue weighted by molar-refractivity contribution is 5.78. The van der Waals surface area contributed by atoms with Gasteiger partial charge < -0.3 is 11.1 Å². The molecule has 0 heterocycles. The van der Waals surface area contributed by atoms with E-state index < -0.39 is 0 Å². The van der Waals surface area contributed by atoms with E-state index in [-0.39, 0.29) is 6.04 Å². The summed E-state index contributed by atoms with van der Waals surface area (Å²) in [5.41, 5.74) is 8.27. The van der Waals surface area contributed by atoms with Gasteiger partial charge in [-0.1, -0.05) is 24.3 Å². The Bertz CT molecular complexity index is 369. The number of rotatable bonds is 3. The summed E-state index contributed by atoms with van der Waals surface area (Å²) in [6.07, 6.45) is 0. The fourth-order valence-electron chi connectivity index (χ4n) is 1.67. The van der Waals surface area contributed by atoms with Crippen molar-refractivity contribution in [2.24, 2.45) is 10.7 Å². The molecule has 1 atom stereocenters. The van der Waals surface area contributed by atoms with E-state index in [1.807, 2.05) is 26.0 Å². The SMILES string of the molecule is Cc1ccccc1C(C)N=C(N)NC(C)C. The maximum absolute atomic E-state index is 5.80. The maximum Gasteiger partial charge on any atom is 0.189 e. The summed E-state index contributed by atoms with van der Waals surface area (Å²) in [7, 11) is 0. The van der Waals surface area contributed by atoms with Crippen molar-refractivity contribution >= 4 is 5.96 Å². The van der Waals surface area contributed by atoms with Gasteiger partial charge in [0.25, 0.3) is 0 Å². The van der Waals surface area contributed by atoms with Crippen molar-refractivity contribution in [2.45, 2.75) is 39.8 Å². The average molecular weight is 219 g/mol. The molecule has 0 bridgehead atoms. The Morgan fingerprint density at radius 2 is 1.88 bits per heavy atom. The van der Waals surface area contributed by atoms with Crippen molar-refractivity contribution in [3.8, 4) is 0 Å². The predicted octanol–water partition coefficient (Wildman–Crippen LogP) is 2.37. The molecule has 0 saturated heterocycles. The molecule has 0 aliphatic heterocycles. The van der Waals surface area contributed by atoms with Crippen LogP contribution in [-0.2, 0) is 0 Å². The van der Waals surface area contributed by atoms with Crippen LogP contribution in [0.1, 0.15) is 37.9 Å². The minimum absolute atomic E-state index is 0.0902. The topological polar surface area (TPSA) is 50.4 Å². The number of nitrogens with two attached hydrogens (primary N) is 1. The second-order valence-corrected chi connectivity index (χ2v) is 4.35. The number of nitrogens with one attached hydrogen (secondary N) is 1. The van der Waals surface area contributed by atoms with Crippen LogP contribution in [-0.4, -0.2) is 12.0 Å². The maximum atomic E-state index is 5.80. The van der Waals surface area contributed by atoms with Crippen LogP contribution in [0.2, 0.25) is 0 Å². The molecule has 0 saturated carbocycles. The number of nitrogens with zero attached hydrogens (tertiary/aromatic N) is 1. The van der Waals surface area contributed by atoms with Gasteiger partial charge >= 0.3 is 0 Å². The normalized spacial score (nSPS) is 13.9. The Kier molecular flexibility index (Phi) is 4.35. The summed E-state index contributed by atoms with van der Waals surface area (Å²) in [5.74, 6) is 0.505. The highest BCUT2D eigenvalue weighted by Gasteiger charge is 2.06. The van der Waals surface area contributed by atoms with Crippen molar-refractivity contribution in [2.75, 3.05) is 0 Å². The third-order valence-corrected chi connectivity index (χ3v) is 2.41. The molecule has 0 amide bonds. The first-order valence-electron chi connectivity index (χ1n) is 5.66.